The highest BCUT2D eigenvalue weighted by Crippen LogP contribution is 2.43. The minimum Gasteiger partial charge on any atom is -0.400 e. The molecule has 7 N–H and O–H groups in total. The molecule has 0 aliphatic heterocycles. The standard InChI is InChI=1S/C25H32F5N7.C4H10.C2H6.CH4O/c1-5-6-16-17-22(36-24(32)37-23(17)34-10-9-33-8-7-12(2)3)20(27)21(35-16)14-11-15(31)19(26)13(4)18(14)25(28,29)30;1-3-4-2;2*1-2/h11-12,33H,5-10,31H2,1-4H3,(H3,32,34,36,37);3-4H2,1-2H3;1-2H3;2H,1H3. The summed E-state index contributed by atoms with van der Waals surface area (Å²) in [4.78, 5) is 12.5. The van der Waals surface area contributed by atoms with Gasteiger partial charge in [0.25, 0.3) is 0 Å². The zero-order valence-corrected chi connectivity index (χ0v) is 28.1. The molecule has 0 unspecified atom stereocenters. The summed E-state index contributed by atoms with van der Waals surface area (Å²) < 4.78 is 72.1. The van der Waals surface area contributed by atoms with Gasteiger partial charge < -0.3 is 27.2 Å². The molecule has 1 aromatic carbocycles. The van der Waals surface area contributed by atoms with Crippen LogP contribution in [0, 0.1) is 24.5 Å². The lowest BCUT2D eigenvalue weighted by molar-refractivity contribution is -0.137. The number of aliphatic hydroxyl groups is 1. The summed E-state index contributed by atoms with van der Waals surface area (Å²) in [6, 6.07) is 0.755. The van der Waals surface area contributed by atoms with Gasteiger partial charge in [0, 0.05) is 25.8 Å². The third kappa shape index (κ3) is 11.8. The molecule has 45 heavy (non-hydrogen) atoms. The molecule has 0 amide bonds. The van der Waals surface area contributed by atoms with Gasteiger partial charge >= 0.3 is 6.18 Å². The Balaban J connectivity index is 0.00000220. The van der Waals surface area contributed by atoms with Crippen molar-refractivity contribution in [3.8, 4) is 11.3 Å². The van der Waals surface area contributed by atoms with Crippen LogP contribution in [0.25, 0.3) is 22.2 Å². The highest BCUT2D eigenvalue weighted by Gasteiger charge is 2.39. The summed E-state index contributed by atoms with van der Waals surface area (Å²) in [6.45, 7) is 17.3. The number of aromatic nitrogens is 3. The number of fused-ring (bicyclic) bond motifs is 1. The van der Waals surface area contributed by atoms with Crippen molar-refractivity contribution >= 4 is 28.4 Å². The van der Waals surface area contributed by atoms with Crippen LogP contribution in [0.2, 0.25) is 0 Å². The maximum absolute atomic E-state index is 15.9. The minimum absolute atomic E-state index is 0.236. The van der Waals surface area contributed by atoms with E-state index in [4.69, 9.17) is 16.6 Å². The monoisotopic (exact) mass is 645 g/mol. The van der Waals surface area contributed by atoms with Crippen LogP contribution in [0.5, 0.6) is 0 Å². The number of hydrogen-bond acceptors (Lipinski definition) is 8. The Bertz CT molecular complexity index is 1320. The first-order chi connectivity index (χ1) is 21.3. The number of halogens is 5. The molecule has 0 saturated carbocycles. The number of aryl methyl sites for hydroxylation is 1. The summed E-state index contributed by atoms with van der Waals surface area (Å²) in [6.07, 6.45) is -0.475. The summed E-state index contributed by atoms with van der Waals surface area (Å²) >= 11 is 0. The highest BCUT2D eigenvalue weighted by atomic mass is 19.4. The van der Waals surface area contributed by atoms with Crippen molar-refractivity contribution in [1.82, 2.24) is 20.3 Å². The smallest absolute Gasteiger partial charge is 0.400 e. The second-order valence-corrected chi connectivity index (χ2v) is 10.3. The first-order valence-electron chi connectivity index (χ1n) is 15.5. The number of aliphatic hydroxyl groups excluding tert-OH is 1. The molecule has 0 radical (unpaired) electrons. The molecule has 2 aromatic heterocycles. The lowest BCUT2D eigenvalue weighted by Crippen LogP contribution is -2.24. The highest BCUT2D eigenvalue weighted by molar-refractivity contribution is 5.95. The van der Waals surface area contributed by atoms with Crippen molar-refractivity contribution in [1.29, 1.82) is 0 Å². The number of nitrogens with one attached hydrogen (secondary N) is 2. The molecule has 13 heteroatoms. The molecule has 0 spiro atoms. The SMILES string of the molecule is CC.CCCC.CCCc1nc(-c2cc(N)c(F)c(C)c2C(F)(F)F)c(F)c2nc(N)nc(NCCNCCC(C)C)c12.CO. The van der Waals surface area contributed by atoms with E-state index < -0.39 is 45.9 Å². The van der Waals surface area contributed by atoms with Crippen LogP contribution in [-0.4, -0.2) is 46.8 Å². The topological polar surface area (TPSA) is 135 Å². The number of unbranched alkanes of at least 4 members (excludes halogenated alkanes) is 1. The van der Waals surface area contributed by atoms with Crippen LogP contribution < -0.4 is 22.1 Å². The fourth-order valence-corrected chi connectivity index (χ4v) is 4.14. The molecule has 0 atom stereocenters. The number of rotatable bonds is 11. The van der Waals surface area contributed by atoms with Crippen molar-refractivity contribution in [3.05, 3.63) is 34.5 Å². The van der Waals surface area contributed by atoms with Crippen molar-refractivity contribution in [2.24, 2.45) is 5.92 Å². The number of nitrogens with zero attached hydrogens (tertiary/aromatic N) is 3. The number of nitrogens with two attached hydrogens (primary N) is 2. The molecule has 0 aliphatic rings. The van der Waals surface area contributed by atoms with Gasteiger partial charge in [0.2, 0.25) is 5.95 Å². The Morgan fingerprint density at radius 2 is 1.49 bits per heavy atom. The van der Waals surface area contributed by atoms with Gasteiger partial charge in [-0.15, -0.1) is 0 Å². The van der Waals surface area contributed by atoms with Gasteiger partial charge in [-0.05, 0) is 43.9 Å². The predicted octanol–water partition coefficient (Wildman–Crippen LogP) is 7.90. The Kier molecular flexibility index (Phi) is 19.1. The maximum atomic E-state index is 15.9. The van der Waals surface area contributed by atoms with Gasteiger partial charge in [-0.3, -0.25) is 0 Å². The van der Waals surface area contributed by atoms with Gasteiger partial charge in [0.05, 0.1) is 22.3 Å². The van der Waals surface area contributed by atoms with Crippen LogP contribution in [0.3, 0.4) is 0 Å². The first kappa shape index (κ1) is 41.7. The third-order valence-corrected chi connectivity index (χ3v) is 6.42. The van der Waals surface area contributed by atoms with E-state index in [2.05, 4.69) is 53.3 Å². The Labute approximate surface area is 264 Å². The van der Waals surface area contributed by atoms with Crippen molar-refractivity contribution in [3.63, 3.8) is 0 Å². The zero-order valence-electron chi connectivity index (χ0n) is 28.1. The quantitative estimate of drug-likeness (QED) is 0.0807. The van der Waals surface area contributed by atoms with Crippen LogP contribution >= 0.6 is 0 Å². The van der Waals surface area contributed by atoms with Gasteiger partial charge in [0.15, 0.2) is 5.82 Å². The van der Waals surface area contributed by atoms with E-state index in [0.717, 1.165) is 33.1 Å². The van der Waals surface area contributed by atoms with E-state index >= 15 is 4.39 Å². The molecule has 2 heterocycles. The van der Waals surface area contributed by atoms with Crippen LogP contribution in [0.1, 0.15) is 91.0 Å². The fraction of sp³-hybridized carbons (Fsp3) is 0.594. The Hall–Kier alpha value is -3.32. The molecule has 0 aliphatic carbocycles. The molecule has 0 saturated heterocycles. The van der Waals surface area contributed by atoms with Crippen molar-refractivity contribution in [2.45, 2.75) is 93.7 Å². The number of hydrogen-bond donors (Lipinski definition) is 5. The predicted molar refractivity (Wildman–Crippen MR) is 176 cm³/mol. The number of nitrogen functional groups attached to an aromatic ring is 2. The molecule has 3 rings (SSSR count). The maximum Gasteiger partial charge on any atom is 0.417 e. The number of pyridine rings is 1. The second-order valence-electron chi connectivity index (χ2n) is 10.3. The van der Waals surface area contributed by atoms with E-state index in [0.29, 0.717) is 31.8 Å². The number of alkyl halides is 3. The third-order valence-electron chi connectivity index (χ3n) is 6.42. The molecule has 3 aromatic rings. The summed E-state index contributed by atoms with van der Waals surface area (Å²) in [5, 5.41) is 13.6. The Morgan fingerprint density at radius 1 is 0.889 bits per heavy atom. The van der Waals surface area contributed by atoms with E-state index in [9.17, 15) is 17.6 Å². The molecular formula is C32H52F5N7O. The van der Waals surface area contributed by atoms with Crippen LogP contribution in [0.15, 0.2) is 6.07 Å². The molecule has 8 nitrogen and oxygen atoms in total. The van der Waals surface area contributed by atoms with Gasteiger partial charge in [0.1, 0.15) is 22.8 Å². The fourth-order valence-electron chi connectivity index (χ4n) is 4.14. The van der Waals surface area contributed by atoms with E-state index in [1.165, 1.54) is 12.8 Å². The van der Waals surface area contributed by atoms with E-state index in [1.807, 2.05) is 20.8 Å². The normalized spacial score (nSPS) is 10.8. The van der Waals surface area contributed by atoms with Crippen LogP contribution in [0.4, 0.5) is 39.4 Å². The van der Waals surface area contributed by atoms with E-state index in [-0.39, 0.29) is 28.4 Å². The average Bonchev–Trinajstić information content (AvgIpc) is 3.00. The summed E-state index contributed by atoms with van der Waals surface area (Å²) in [7, 11) is 1.00. The zero-order chi connectivity index (χ0) is 34.9. The second kappa shape index (κ2) is 20.7. The molecular weight excluding hydrogens is 593 g/mol. The van der Waals surface area contributed by atoms with E-state index in [1.54, 1.807) is 0 Å². The van der Waals surface area contributed by atoms with Crippen molar-refractivity contribution < 1.29 is 27.1 Å². The lowest BCUT2D eigenvalue weighted by atomic mass is 9.95. The van der Waals surface area contributed by atoms with Crippen LogP contribution in [-0.2, 0) is 12.6 Å². The molecule has 0 fully saturated rings. The summed E-state index contributed by atoms with van der Waals surface area (Å²) in [5.74, 6) is -1.80. The largest absolute Gasteiger partial charge is 0.417 e. The lowest BCUT2D eigenvalue weighted by Gasteiger charge is -2.20. The number of benzene rings is 1. The molecule has 0 bridgehead atoms. The average molecular weight is 646 g/mol. The molecule has 256 valence electrons. The minimum atomic E-state index is -4.98. The number of anilines is 3. The summed E-state index contributed by atoms with van der Waals surface area (Å²) in [5.41, 5.74) is 7.56. The first-order valence-corrected chi connectivity index (χ1v) is 15.5. The van der Waals surface area contributed by atoms with Crippen molar-refractivity contribution in [2.75, 3.05) is 43.5 Å². The van der Waals surface area contributed by atoms with Gasteiger partial charge in [-0.2, -0.15) is 18.2 Å². The van der Waals surface area contributed by atoms with Gasteiger partial charge in [-0.25, -0.2) is 18.7 Å². The Morgan fingerprint density at radius 3 is 2.00 bits per heavy atom. The van der Waals surface area contributed by atoms with Gasteiger partial charge in [-0.1, -0.05) is 67.7 Å².